The van der Waals surface area contributed by atoms with Crippen LogP contribution in [0, 0.1) is 0 Å². The van der Waals surface area contributed by atoms with Crippen molar-refractivity contribution in [1.29, 1.82) is 0 Å². The Morgan fingerprint density at radius 1 is 1.24 bits per heavy atom. The highest BCUT2D eigenvalue weighted by Crippen LogP contribution is 2.54. The third-order valence-electron chi connectivity index (χ3n) is 5.53. The Balaban J connectivity index is 1.61. The number of anilines is 1. The summed E-state index contributed by atoms with van der Waals surface area (Å²) in [5, 5.41) is 10.1. The van der Waals surface area contributed by atoms with E-state index >= 15 is 0 Å². The molecular weight excluding hydrogens is 458 g/mol. The maximum absolute atomic E-state index is 13.3. The van der Waals surface area contributed by atoms with Gasteiger partial charge in [-0.3, -0.25) is 4.79 Å². The Hall–Kier alpha value is -2.77. The number of rotatable bonds is 1. The molecule has 1 aromatic heterocycles. The van der Waals surface area contributed by atoms with E-state index in [0.29, 0.717) is 34.2 Å². The lowest BCUT2D eigenvalue weighted by atomic mass is 9.93. The van der Waals surface area contributed by atoms with Gasteiger partial charge in [0.15, 0.2) is 0 Å². The topological polar surface area (TPSA) is 67.1 Å². The van der Waals surface area contributed by atoms with Gasteiger partial charge in [-0.1, -0.05) is 27.5 Å². The highest BCUT2D eigenvalue weighted by molar-refractivity contribution is 9.10. The second-order valence-electron chi connectivity index (χ2n) is 7.16. The third kappa shape index (κ3) is 2.28. The molecule has 0 aliphatic carbocycles. The molecule has 29 heavy (non-hydrogen) atoms. The Kier molecular flexibility index (Phi) is 3.47. The van der Waals surface area contributed by atoms with Crippen molar-refractivity contribution in [3.63, 3.8) is 0 Å². The minimum Gasteiger partial charge on any atom is -0.463 e. The molecule has 0 radical (unpaired) electrons. The first-order valence-electron chi connectivity index (χ1n) is 9.07. The van der Waals surface area contributed by atoms with Crippen LogP contribution in [0.5, 0.6) is 5.75 Å². The van der Waals surface area contributed by atoms with Crippen molar-refractivity contribution >= 4 is 44.8 Å². The fraction of sp³-hybridized carbons (Fsp3) is 0.143. The fourth-order valence-electron chi connectivity index (χ4n) is 4.28. The summed E-state index contributed by atoms with van der Waals surface area (Å²) >= 11 is 9.78. The predicted molar refractivity (Wildman–Crippen MR) is 111 cm³/mol. The number of hydrazone groups is 1. The number of furan rings is 1. The zero-order chi connectivity index (χ0) is 19.8. The first-order valence-corrected chi connectivity index (χ1v) is 10.2. The first kappa shape index (κ1) is 17.1. The van der Waals surface area contributed by atoms with Gasteiger partial charge in [-0.05, 0) is 48.5 Å². The third-order valence-corrected chi connectivity index (χ3v) is 6.26. The molecule has 8 heteroatoms. The summed E-state index contributed by atoms with van der Waals surface area (Å²) in [6.45, 7) is 0. The van der Waals surface area contributed by atoms with E-state index < -0.39 is 5.72 Å². The molecule has 0 bridgehead atoms. The number of hydrogen-bond donors (Lipinski definition) is 1. The van der Waals surface area contributed by atoms with Crippen LogP contribution in [-0.2, 0) is 10.5 Å². The number of hydrogen-bond acceptors (Lipinski definition) is 5. The van der Waals surface area contributed by atoms with E-state index in [0.717, 1.165) is 15.7 Å². The van der Waals surface area contributed by atoms with Crippen LogP contribution in [0.4, 0.5) is 5.69 Å². The number of nitrogens with one attached hydrogen (secondary N) is 1. The van der Waals surface area contributed by atoms with Gasteiger partial charge in [-0.15, -0.1) is 0 Å². The Morgan fingerprint density at radius 3 is 2.97 bits per heavy atom. The lowest BCUT2D eigenvalue weighted by molar-refractivity contribution is -0.161. The molecule has 0 unspecified atom stereocenters. The Morgan fingerprint density at radius 2 is 2.14 bits per heavy atom. The maximum Gasteiger partial charge on any atom is 0.306 e. The lowest BCUT2D eigenvalue weighted by Crippen LogP contribution is -2.55. The molecule has 0 saturated carbocycles. The number of carbonyl (C=O) groups is 1. The van der Waals surface area contributed by atoms with E-state index in [9.17, 15) is 4.79 Å². The Labute approximate surface area is 179 Å². The van der Waals surface area contributed by atoms with E-state index in [1.807, 2.05) is 42.5 Å². The van der Waals surface area contributed by atoms with Gasteiger partial charge >= 0.3 is 5.72 Å². The average molecular weight is 471 g/mol. The quantitative estimate of drug-likeness (QED) is 0.541. The second-order valence-corrected chi connectivity index (χ2v) is 8.51. The number of carbonyl (C=O) groups excluding carboxylic acids is 1. The molecular formula is C21H13BrClN3O3. The number of nitrogens with zero attached hydrogens (tertiary/aromatic N) is 2. The van der Waals surface area contributed by atoms with Gasteiger partial charge in [0.2, 0.25) is 0 Å². The van der Waals surface area contributed by atoms with Crippen LogP contribution in [0.3, 0.4) is 0 Å². The van der Waals surface area contributed by atoms with Crippen LogP contribution in [0.1, 0.15) is 29.3 Å². The molecule has 1 amide bonds. The van der Waals surface area contributed by atoms with Gasteiger partial charge in [0.1, 0.15) is 17.2 Å². The second kappa shape index (κ2) is 5.87. The van der Waals surface area contributed by atoms with Gasteiger partial charge in [0.25, 0.3) is 5.91 Å². The largest absolute Gasteiger partial charge is 0.463 e. The molecule has 0 saturated heterocycles. The smallest absolute Gasteiger partial charge is 0.306 e. The predicted octanol–water partition coefficient (Wildman–Crippen LogP) is 5.04. The van der Waals surface area contributed by atoms with Gasteiger partial charge in [-0.2, -0.15) is 5.10 Å². The number of halogens is 2. The number of fused-ring (bicyclic) bond motifs is 6. The fourth-order valence-corrected chi connectivity index (χ4v) is 4.82. The maximum atomic E-state index is 13.3. The van der Waals surface area contributed by atoms with Crippen molar-refractivity contribution in [1.82, 2.24) is 5.01 Å². The molecule has 2 aromatic carbocycles. The van der Waals surface area contributed by atoms with Gasteiger partial charge < -0.3 is 14.5 Å². The van der Waals surface area contributed by atoms with Crippen LogP contribution < -0.4 is 10.1 Å². The first-order chi connectivity index (χ1) is 14.1. The minimum atomic E-state index is -1.40. The highest BCUT2D eigenvalue weighted by Gasteiger charge is 2.61. The van der Waals surface area contributed by atoms with Crippen molar-refractivity contribution < 1.29 is 13.9 Å². The van der Waals surface area contributed by atoms with Crippen molar-refractivity contribution in [3.05, 3.63) is 81.2 Å². The molecule has 6 nitrogen and oxygen atoms in total. The van der Waals surface area contributed by atoms with Crippen molar-refractivity contribution in [2.75, 3.05) is 5.32 Å². The molecule has 6 rings (SSSR count). The van der Waals surface area contributed by atoms with E-state index in [-0.39, 0.29) is 11.9 Å². The molecule has 4 heterocycles. The average Bonchev–Trinajstić information content (AvgIpc) is 3.42. The monoisotopic (exact) mass is 469 g/mol. The SMILES string of the molecule is O=C1Nc2ccc(Br)cc2[C@]12Oc1ccc(Cl)cc1[C@@H]1CC(c3ccco3)=NN12. The van der Waals surface area contributed by atoms with Gasteiger partial charge in [-0.25, -0.2) is 5.01 Å². The highest BCUT2D eigenvalue weighted by atomic mass is 79.9. The molecule has 3 aliphatic rings. The van der Waals surface area contributed by atoms with Crippen LogP contribution in [0.25, 0.3) is 0 Å². The van der Waals surface area contributed by atoms with Crippen molar-refractivity contribution in [3.8, 4) is 5.75 Å². The molecule has 3 aromatic rings. The summed E-state index contributed by atoms with van der Waals surface area (Å²) < 4.78 is 12.8. The number of ether oxygens (including phenoxy) is 1. The summed E-state index contributed by atoms with van der Waals surface area (Å²) in [5.41, 5.74) is 1.67. The summed E-state index contributed by atoms with van der Waals surface area (Å²) in [5.74, 6) is 1.01. The molecule has 144 valence electrons. The molecule has 3 aliphatic heterocycles. The van der Waals surface area contributed by atoms with Crippen LogP contribution in [-0.4, -0.2) is 16.6 Å². The number of benzene rings is 2. The molecule has 1 N–H and O–H groups in total. The van der Waals surface area contributed by atoms with Gasteiger partial charge in [0.05, 0.1) is 23.6 Å². The summed E-state index contributed by atoms with van der Waals surface area (Å²) in [6.07, 6.45) is 2.18. The molecule has 2 atom stereocenters. The molecule has 0 fully saturated rings. The van der Waals surface area contributed by atoms with E-state index in [2.05, 4.69) is 21.2 Å². The van der Waals surface area contributed by atoms with E-state index in [1.165, 1.54) is 0 Å². The summed E-state index contributed by atoms with van der Waals surface area (Å²) in [6, 6.07) is 14.6. The standard InChI is InChI=1S/C21H13BrClN3O3/c22-11-3-5-15-14(8-11)21(20(27)24-15)26-17(10-16(25-26)19-2-1-7-28-19)13-9-12(23)4-6-18(13)29-21/h1-9,17H,10H2,(H,24,27)/t17-,21-/m0/s1. The number of amides is 1. The molecule has 1 spiro atoms. The Bertz CT molecular complexity index is 1210. The normalized spacial score (nSPS) is 23.9. The zero-order valence-corrected chi connectivity index (χ0v) is 17.2. The van der Waals surface area contributed by atoms with E-state index in [4.69, 9.17) is 25.9 Å². The van der Waals surface area contributed by atoms with E-state index in [1.54, 1.807) is 17.3 Å². The van der Waals surface area contributed by atoms with Crippen molar-refractivity contribution in [2.24, 2.45) is 5.10 Å². The van der Waals surface area contributed by atoms with Crippen LogP contribution in [0.2, 0.25) is 5.02 Å². The van der Waals surface area contributed by atoms with Crippen LogP contribution in [0.15, 0.2) is 68.8 Å². The zero-order valence-electron chi connectivity index (χ0n) is 14.9. The minimum absolute atomic E-state index is 0.215. The summed E-state index contributed by atoms with van der Waals surface area (Å²) in [4.78, 5) is 13.3. The van der Waals surface area contributed by atoms with Crippen LogP contribution >= 0.6 is 27.5 Å². The van der Waals surface area contributed by atoms with Gasteiger partial charge in [0, 0.05) is 21.5 Å². The summed E-state index contributed by atoms with van der Waals surface area (Å²) in [7, 11) is 0. The lowest BCUT2D eigenvalue weighted by Gasteiger charge is -2.44. The van der Waals surface area contributed by atoms with Crippen molar-refractivity contribution in [2.45, 2.75) is 18.2 Å².